The van der Waals surface area contributed by atoms with Gasteiger partial charge in [0.1, 0.15) is 4.75 Å². The Kier molecular flexibility index (Phi) is 9.21. The van der Waals surface area contributed by atoms with Crippen LogP contribution >= 0.6 is 0 Å². The molecule has 7 heteroatoms. The lowest BCUT2D eigenvalue weighted by Gasteiger charge is -2.24. The third-order valence-electron chi connectivity index (χ3n) is 5.22. The third-order valence-corrected chi connectivity index (χ3v) is 7.62. The molecule has 1 fully saturated rings. The van der Waals surface area contributed by atoms with Crippen molar-refractivity contribution in [1.82, 2.24) is 5.32 Å². The molecule has 1 saturated carbocycles. The number of anilines is 2. The Morgan fingerprint density at radius 1 is 1.03 bits per heavy atom. The SMILES string of the molecule is CC.CNC(=O)C(C)(C)S(=O)(=O)c1ccc(NCC2CC2)c(NCCC(C)(C)C)c1. The molecule has 0 heterocycles. The fourth-order valence-corrected chi connectivity index (χ4v) is 4.31. The van der Waals surface area contributed by atoms with Gasteiger partial charge in [-0.3, -0.25) is 4.79 Å². The van der Waals surface area contributed by atoms with Gasteiger partial charge >= 0.3 is 0 Å². The summed E-state index contributed by atoms with van der Waals surface area (Å²) in [6, 6.07) is 5.04. The molecule has 6 nitrogen and oxygen atoms in total. The van der Waals surface area contributed by atoms with E-state index in [9.17, 15) is 13.2 Å². The van der Waals surface area contributed by atoms with Crippen molar-refractivity contribution in [3.05, 3.63) is 18.2 Å². The smallest absolute Gasteiger partial charge is 0.241 e. The van der Waals surface area contributed by atoms with E-state index in [1.54, 1.807) is 18.2 Å². The maximum absolute atomic E-state index is 13.1. The van der Waals surface area contributed by atoms with Crippen LogP contribution in [0.2, 0.25) is 0 Å². The Morgan fingerprint density at radius 2 is 1.63 bits per heavy atom. The lowest BCUT2D eigenvalue weighted by molar-refractivity contribution is -0.122. The van der Waals surface area contributed by atoms with Crippen molar-refractivity contribution < 1.29 is 13.2 Å². The van der Waals surface area contributed by atoms with E-state index in [1.807, 2.05) is 13.8 Å². The zero-order valence-electron chi connectivity index (χ0n) is 20.0. The van der Waals surface area contributed by atoms with E-state index >= 15 is 0 Å². The van der Waals surface area contributed by atoms with E-state index in [0.29, 0.717) is 5.92 Å². The van der Waals surface area contributed by atoms with Gasteiger partial charge < -0.3 is 16.0 Å². The summed E-state index contributed by atoms with van der Waals surface area (Å²) >= 11 is 0. The van der Waals surface area contributed by atoms with Gasteiger partial charge in [-0.15, -0.1) is 0 Å². The average Bonchev–Trinajstić information content (AvgIpc) is 3.51. The van der Waals surface area contributed by atoms with Crippen LogP contribution < -0.4 is 16.0 Å². The van der Waals surface area contributed by atoms with E-state index in [1.165, 1.54) is 33.7 Å². The molecule has 30 heavy (non-hydrogen) atoms. The molecule has 3 N–H and O–H groups in total. The fourth-order valence-electron chi connectivity index (χ4n) is 2.86. The van der Waals surface area contributed by atoms with Crippen LogP contribution in [-0.2, 0) is 14.6 Å². The first-order chi connectivity index (χ1) is 13.9. The molecule has 1 aromatic carbocycles. The first kappa shape index (κ1) is 26.3. The van der Waals surface area contributed by atoms with Crippen LogP contribution in [-0.4, -0.2) is 39.2 Å². The molecular formula is C23H41N3O3S. The fraction of sp³-hybridized carbons (Fsp3) is 0.696. The third kappa shape index (κ3) is 6.89. The van der Waals surface area contributed by atoms with E-state index in [0.717, 1.165) is 30.9 Å². The Labute approximate surface area is 183 Å². The number of sulfone groups is 1. The molecule has 0 aromatic heterocycles. The number of nitrogens with one attached hydrogen (secondary N) is 3. The highest BCUT2D eigenvalue weighted by molar-refractivity contribution is 7.93. The highest BCUT2D eigenvalue weighted by atomic mass is 32.2. The number of amides is 1. The van der Waals surface area contributed by atoms with Gasteiger partial charge in [0, 0.05) is 20.1 Å². The van der Waals surface area contributed by atoms with Gasteiger partial charge in [0.15, 0.2) is 9.84 Å². The molecule has 172 valence electrons. The van der Waals surface area contributed by atoms with Gasteiger partial charge in [-0.25, -0.2) is 8.42 Å². The molecular weight excluding hydrogens is 398 g/mol. The van der Waals surface area contributed by atoms with Crippen molar-refractivity contribution >= 4 is 27.1 Å². The van der Waals surface area contributed by atoms with Crippen molar-refractivity contribution in [1.29, 1.82) is 0 Å². The lowest BCUT2D eigenvalue weighted by atomic mass is 9.92. The minimum atomic E-state index is -3.84. The zero-order valence-corrected chi connectivity index (χ0v) is 20.8. The molecule has 1 aliphatic carbocycles. The molecule has 0 spiro atoms. The van der Waals surface area contributed by atoms with Crippen LogP contribution in [0.3, 0.4) is 0 Å². The van der Waals surface area contributed by atoms with Gasteiger partial charge in [0.05, 0.1) is 16.3 Å². The topological polar surface area (TPSA) is 87.3 Å². The minimum Gasteiger partial charge on any atom is -0.383 e. The summed E-state index contributed by atoms with van der Waals surface area (Å²) in [6.07, 6.45) is 3.44. The van der Waals surface area contributed by atoms with Gasteiger partial charge in [0.2, 0.25) is 5.91 Å². The minimum absolute atomic E-state index is 0.149. The summed E-state index contributed by atoms with van der Waals surface area (Å²) < 4.78 is 24.7. The second-order valence-corrected chi connectivity index (χ2v) is 11.9. The molecule has 0 unspecified atom stereocenters. The van der Waals surface area contributed by atoms with Crippen LogP contribution in [0, 0.1) is 11.3 Å². The lowest BCUT2D eigenvalue weighted by Crippen LogP contribution is -2.46. The monoisotopic (exact) mass is 439 g/mol. The predicted molar refractivity (Wildman–Crippen MR) is 127 cm³/mol. The number of hydrogen-bond donors (Lipinski definition) is 3. The Balaban J connectivity index is 0.00000218. The number of carbonyl (C=O) groups excluding carboxylic acids is 1. The van der Waals surface area contributed by atoms with Gasteiger partial charge in [-0.05, 0) is 62.6 Å². The molecule has 1 amide bonds. The first-order valence-electron chi connectivity index (χ1n) is 11.0. The van der Waals surface area contributed by atoms with Crippen LogP contribution in [0.15, 0.2) is 23.1 Å². The van der Waals surface area contributed by atoms with E-state index in [-0.39, 0.29) is 10.3 Å². The summed E-state index contributed by atoms with van der Waals surface area (Å²) in [5.41, 5.74) is 1.84. The average molecular weight is 440 g/mol. The summed E-state index contributed by atoms with van der Waals surface area (Å²) in [5.74, 6) is 0.184. The summed E-state index contributed by atoms with van der Waals surface area (Å²) in [7, 11) is -2.39. The second-order valence-electron chi connectivity index (χ2n) is 9.36. The van der Waals surface area contributed by atoms with Crippen LogP contribution in [0.1, 0.15) is 67.7 Å². The molecule has 0 aliphatic heterocycles. The van der Waals surface area contributed by atoms with Gasteiger partial charge in [0.25, 0.3) is 0 Å². The van der Waals surface area contributed by atoms with Crippen LogP contribution in [0.25, 0.3) is 0 Å². The van der Waals surface area contributed by atoms with Crippen LogP contribution in [0.5, 0.6) is 0 Å². The van der Waals surface area contributed by atoms with Crippen LogP contribution in [0.4, 0.5) is 11.4 Å². The maximum Gasteiger partial charge on any atom is 0.241 e. The summed E-state index contributed by atoms with van der Waals surface area (Å²) in [5, 5.41) is 9.28. The van der Waals surface area contributed by atoms with Crippen molar-refractivity contribution in [2.45, 2.75) is 77.4 Å². The van der Waals surface area contributed by atoms with Crippen molar-refractivity contribution in [3.63, 3.8) is 0 Å². The summed E-state index contributed by atoms with van der Waals surface area (Å²) in [4.78, 5) is 12.3. The van der Waals surface area contributed by atoms with Crippen molar-refractivity contribution in [3.8, 4) is 0 Å². The molecule has 0 saturated heterocycles. The number of hydrogen-bond acceptors (Lipinski definition) is 5. The molecule has 1 aliphatic rings. The van der Waals surface area contributed by atoms with E-state index in [2.05, 4.69) is 36.7 Å². The van der Waals surface area contributed by atoms with Gasteiger partial charge in [-0.2, -0.15) is 0 Å². The van der Waals surface area contributed by atoms with Crippen molar-refractivity contribution in [2.24, 2.45) is 11.3 Å². The van der Waals surface area contributed by atoms with E-state index in [4.69, 9.17) is 0 Å². The normalized spacial score (nSPS) is 14.4. The number of carbonyl (C=O) groups is 1. The zero-order chi connectivity index (χ0) is 23.2. The molecule has 0 bridgehead atoms. The molecule has 2 rings (SSSR count). The first-order valence-corrected chi connectivity index (χ1v) is 12.5. The van der Waals surface area contributed by atoms with E-state index < -0.39 is 20.5 Å². The quantitative estimate of drug-likeness (QED) is 0.520. The standard InChI is InChI=1S/C21H35N3O3S.C2H6/c1-20(2,3)11-12-23-18-13-16(9-10-17(18)24-14-15-7-8-15)28(26,27)21(4,5)19(25)22-6;1-2/h9-10,13,15,23-24H,7-8,11-12,14H2,1-6H3,(H,22,25);1-2H3. The predicted octanol–water partition coefficient (Wildman–Crippen LogP) is 4.68. The van der Waals surface area contributed by atoms with Gasteiger partial charge in [-0.1, -0.05) is 34.6 Å². The Hall–Kier alpha value is -1.76. The number of rotatable bonds is 9. The highest BCUT2D eigenvalue weighted by Crippen LogP contribution is 2.34. The number of benzene rings is 1. The Morgan fingerprint density at radius 3 is 2.13 bits per heavy atom. The molecule has 1 aromatic rings. The molecule has 0 atom stereocenters. The maximum atomic E-state index is 13.1. The largest absolute Gasteiger partial charge is 0.383 e. The second kappa shape index (κ2) is 10.5. The van der Waals surface area contributed by atoms with Crippen molar-refractivity contribution in [2.75, 3.05) is 30.8 Å². The molecule has 0 radical (unpaired) electrons. The highest BCUT2D eigenvalue weighted by Gasteiger charge is 2.42. The summed E-state index contributed by atoms with van der Waals surface area (Å²) in [6.45, 7) is 15.0. The Bertz CT molecular complexity index is 807.